The molecule has 0 saturated heterocycles. The third-order valence-electron chi connectivity index (χ3n) is 4.27. The summed E-state index contributed by atoms with van der Waals surface area (Å²) in [5.41, 5.74) is 8.13. The molecule has 1 fully saturated rings. The first-order valence-electron chi connectivity index (χ1n) is 7.95. The van der Waals surface area contributed by atoms with Crippen molar-refractivity contribution in [2.45, 2.75) is 52.0 Å². The Labute approximate surface area is 127 Å². The highest BCUT2D eigenvalue weighted by atomic mass is 16.5. The van der Waals surface area contributed by atoms with Crippen LogP contribution in [0.4, 0.5) is 11.4 Å². The Kier molecular flexibility index (Phi) is 5.48. The molecule has 21 heavy (non-hydrogen) atoms. The molecule has 1 aliphatic carbocycles. The lowest BCUT2D eigenvalue weighted by Crippen LogP contribution is -2.26. The van der Waals surface area contributed by atoms with Crippen LogP contribution in [0.2, 0.25) is 0 Å². The minimum absolute atomic E-state index is 0.297. The molecule has 1 aromatic rings. The normalized spacial score (nSPS) is 22.4. The zero-order chi connectivity index (χ0) is 15.2. The Hall–Kier alpha value is -1.71. The number of ether oxygens (including phenoxy) is 1. The van der Waals surface area contributed by atoms with Crippen molar-refractivity contribution < 1.29 is 9.53 Å². The van der Waals surface area contributed by atoms with Gasteiger partial charge < -0.3 is 15.8 Å². The van der Waals surface area contributed by atoms with Gasteiger partial charge in [-0.25, -0.2) is 4.79 Å². The smallest absolute Gasteiger partial charge is 0.338 e. The highest BCUT2D eigenvalue weighted by Crippen LogP contribution is 2.29. The summed E-state index contributed by atoms with van der Waals surface area (Å²) >= 11 is 0. The summed E-state index contributed by atoms with van der Waals surface area (Å²) in [5, 5.41) is 3.54. The second-order valence-corrected chi connectivity index (χ2v) is 5.89. The molecule has 0 spiro atoms. The van der Waals surface area contributed by atoms with E-state index in [-0.39, 0.29) is 5.97 Å². The van der Waals surface area contributed by atoms with Gasteiger partial charge in [-0.3, -0.25) is 0 Å². The van der Waals surface area contributed by atoms with Crippen LogP contribution in [0.5, 0.6) is 0 Å². The van der Waals surface area contributed by atoms with Gasteiger partial charge in [-0.2, -0.15) is 0 Å². The number of hydrogen-bond donors (Lipinski definition) is 2. The number of nitrogens with one attached hydrogen (secondary N) is 1. The van der Waals surface area contributed by atoms with E-state index >= 15 is 0 Å². The van der Waals surface area contributed by atoms with Crippen LogP contribution in [0.25, 0.3) is 0 Å². The highest BCUT2D eigenvalue weighted by molar-refractivity contribution is 5.92. The number of hydrogen-bond acceptors (Lipinski definition) is 4. The van der Waals surface area contributed by atoms with Crippen LogP contribution in [-0.2, 0) is 4.74 Å². The average molecular weight is 290 g/mol. The van der Waals surface area contributed by atoms with Crippen LogP contribution in [0.15, 0.2) is 18.2 Å². The Balaban J connectivity index is 2.14. The number of rotatable bonds is 4. The largest absolute Gasteiger partial charge is 0.462 e. The van der Waals surface area contributed by atoms with Crippen molar-refractivity contribution in [3.05, 3.63) is 23.8 Å². The number of esters is 1. The molecular weight excluding hydrogens is 264 g/mol. The molecule has 0 radical (unpaired) electrons. The lowest BCUT2D eigenvalue weighted by molar-refractivity contribution is 0.0526. The number of nitrogen functional groups attached to an aromatic ring is 1. The van der Waals surface area contributed by atoms with E-state index in [1.807, 2.05) is 13.0 Å². The van der Waals surface area contributed by atoms with Gasteiger partial charge in [0.2, 0.25) is 0 Å². The van der Waals surface area contributed by atoms with Crippen molar-refractivity contribution >= 4 is 17.3 Å². The molecule has 116 valence electrons. The van der Waals surface area contributed by atoms with Gasteiger partial charge in [-0.05, 0) is 43.9 Å². The van der Waals surface area contributed by atoms with Gasteiger partial charge in [-0.1, -0.05) is 26.2 Å². The topological polar surface area (TPSA) is 64.3 Å². The third kappa shape index (κ3) is 4.13. The first-order valence-corrected chi connectivity index (χ1v) is 7.95. The molecule has 4 nitrogen and oxygen atoms in total. The number of carbonyl (C=O) groups is 1. The van der Waals surface area contributed by atoms with E-state index in [1.165, 1.54) is 25.7 Å². The Morgan fingerprint density at radius 3 is 2.86 bits per heavy atom. The van der Waals surface area contributed by atoms with E-state index in [9.17, 15) is 4.79 Å². The molecule has 0 bridgehead atoms. The molecule has 4 heteroatoms. The van der Waals surface area contributed by atoms with Gasteiger partial charge in [0.05, 0.1) is 23.5 Å². The van der Waals surface area contributed by atoms with Crippen molar-refractivity contribution in [1.82, 2.24) is 0 Å². The summed E-state index contributed by atoms with van der Waals surface area (Å²) in [6, 6.07) is 5.72. The maximum atomic E-state index is 11.8. The van der Waals surface area contributed by atoms with Crippen LogP contribution in [-0.4, -0.2) is 18.6 Å². The van der Waals surface area contributed by atoms with Crippen LogP contribution in [0, 0.1) is 5.92 Å². The average Bonchev–Trinajstić information content (AvgIpc) is 2.66. The quantitative estimate of drug-likeness (QED) is 0.502. The van der Waals surface area contributed by atoms with Gasteiger partial charge in [0, 0.05) is 6.04 Å². The van der Waals surface area contributed by atoms with Gasteiger partial charge in [-0.15, -0.1) is 0 Å². The number of nitrogens with two attached hydrogens (primary N) is 1. The summed E-state index contributed by atoms with van der Waals surface area (Å²) in [6.07, 6.45) is 6.26. The maximum absolute atomic E-state index is 11.8. The van der Waals surface area contributed by atoms with Crippen LogP contribution in [0.1, 0.15) is 56.3 Å². The predicted octanol–water partition coefficient (Wildman–Crippen LogP) is 3.83. The van der Waals surface area contributed by atoms with Crippen LogP contribution in [0.3, 0.4) is 0 Å². The highest BCUT2D eigenvalue weighted by Gasteiger charge is 2.20. The van der Waals surface area contributed by atoms with Crippen molar-refractivity contribution in [3.63, 3.8) is 0 Å². The molecule has 0 aliphatic heterocycles. The first kappa shape index (κ1) is 15.7. The molecule has 2 unspecified atom stereocenters. The minimum atomic E-state index is -0.297. The van der Waals surface area contributed by atoms with Gasteiger partial charge in [0.25, 0.3) is 0 Å². The summed E-state index contributed by atoms with van der Waals surface area (Å²) in [6.45, 7) is 4.47. The van der Waals surface area contributed by atoms with E-state index in [2.05, 4.69) is 12.2 Å². The van der Waals surface area contributed by atoms with E-state index in [4.69, 9.17) is 10.5 Å². The number of carbonyl (C=O) groups excluding carboxylic acids is 1. The van der Waals surface area contributed by atoms with Gasteiger partial charge >= 0.3 is 5.97 Å². The second kappa shape index (κ2) is 7.34. The van der Waals surface area contributed by atoms with E-state index in [1.54, 1.807) is 12.1 Å². The summed E-state index contributed by atoms with van der Waals surface area (Å²) in [7, 11) is 0. The monoisotopic (exact) mass is 290 g/mol. The fraction of sp³-hybridized carbons (Fsp3) is 0.588. The molecule has 2 atom stereocenters. The molecule has 1 saturated carbocycles. The molecule has 3 N–H and O–H groups in total. The van der Waals surface area contributed by atoms with Crippen LogP contribution >= 0.6 is 0 Å². The molecule has 1 aromatic carbocycles. The van der Waals surface area contributed by atoms with Gasteiger partial charge in [0.1, 0.15) is 0 Å². The van der Waals surface area contributed by atoms with Crippen molar-refractivity contribution in [2.24, 2.45) is 5.92 Å². The van der Waals surface area contributed by atoms with Crippen molar-refractivity contribution in [2.75, 3.05) is 17.7 Å². The van der Waals surface area contributed by atoms with E-state index in [0.29, 0.717) is 29.8 Å². The number of anilines is 2. The van der Waals surface area contributed by atoms with E-state index < -0.39 is 0 Å². The molecule has 0 aromatic heterocycles. The zero-order valence-corrected chi connectivity index (χ0v) is 13.0. The predicted molar refractivity (Wildman–Crippen MR) is 86.5 cm³/mol. The first-order chi connectivity index (χ1) is 10.1. The molecule has 1 aliphatic rings. The molecule has 0 amide bonds. The second-order valence-electron chi connectivity index (χ2n) is 5.89. The molecule has 0 heterocycles. The lowest BCUT2D eigenvalue weighted by atomic mass is 9.96. The summed E-state index contributed by atoms with van der Waals surface area (Å²) in [4.78, 5) is 11.8. The van der Waals surface area contributed by atoms with E-state index in [0.717, 1.165) is 12.1 Å². The lowest BCUT2D eigenvalue weighted by Gasteiger charge is -2.25. The maximum Gasteiger partial charge on any atom is 0.338 e. The Bertz CT molecular complexity index is 488. The SMILES string of the molecule is CCOC(=O)c1ccc(N)c(NC2CCCCCC2C)c1. The summed E-state index contributed by atoms with van der Waals surface area (Å²) in [5.74, 6) is 0.326. The van der Waals surface area contributed by atoms with Crippen molar-refractivity contribution in [3.8, 4) is 0 Å². The number of benzene rings is 1. The summed E-state index contributed by atoms with van der Waals surface area (Å²) < 4.78 is 5.05. The fourth-order valence-corrected chi connectivity index (χ4v) is 2.93. The fourth-order valence-electron chi connectivity index (χ4n) is 2.93. The molecular formula is C17H26N2O2. The standard InChI is InChI=1S/C17H26N2O2/c1-3-21-17(20)13-9-10-14(18)16(11-13)19-15-8-6-4-5-7-12(15)2/h9-12,15,19H,3-8,18H2,1-2H3. The Morgan fingerprint density at radius 1 is 1.33 bits per heavy atom. The zero-order valence-electron chi connectivity index (χ0n) is 13.0. The van der Waals surface area contributed by atoms with Crippen LogP contribution < -0.4 is 11.1 Å². The Morgan fingerprint density at radius 2 is 2.10 bits per heavy atom. The van der Waals surface area contributed by atoms with Gasteiger partial charge in [0.15, 0.2) is 0 Å². The van der Waals surface area contributed by atoms with Crippen molar-refractivity contribution in [1.29, 1.82) is 0 Å². The minimum Gasteiger partial charge on any atom is -0.462 e. The molecule has 2 rings (SSSR count). The third-order valence-corrected chi connectivity index (χ3v) is 4.27.